The zero-order valence-electron chi connectivity index (χ0n) is 11.2. The molecule has 0 aliphatic heterocycles. The fraction of sp³-hybridized carbons (Fsp3) is 0.600. The summed E-state index contributed by atoms with van der Waals surface area (Å²) in [5.74, 6) is 0.608. The lowest BCUT2D eigenvalue weighted by atomic mass is 10.1. The molecular weight excluding hydrogens is 322 g/mol. The van der Waals surface area contributed by atoms with Gasteiger partial charge in [0.2, 0.25) is 0 Å². The third-order valence-corrected chi connectivity index (χ3v) is 4.54. The molecule has 110 valence electrons. The molecule has 0 saturated carbocycles. The van der Waals surface area contributed by atoms with Gasteiger partial charge >= 0.3 is 0 Å². The minimum absolute atomic E-state index is 0.159. The summed E-state index contributed by atoms with van der Waals surface area (Å²) in [5, 5.41) is 11.5. The van der Waals surface area contributed by atoms with Gasteiger partial charge in [-0.15, -0.1) is 15.3 Å². The van der Waals surface area contributed by atoms with Gasteiger partial charge in [-0.3, -0.25) is 4.57 Å². The summed E-state index contributed by atoms with van der Waals surface area (Å²) in [6.07, 6.45) is 0.730. The minimum Gasteiger partial charge on any atom is -0.296 e. The molecule has 0 aliphatic carbocycles. The van der Waals surface area contributed by atoms with E-state index in [0.29, 0.717) is 12.4 Å². The predicted molar refractivity (Wildman–Crippen MR) is 76.3 cm³/mol. The van der Waals surface area contributed by atoms with Gasteiger partial charge in [-0.05, 0) is 23.9 Å². The third-order valence-electron chi connectivity index (χ3n) is 2.65. The second-order valence-electron chi connectivity index (χ2n) is 4.54. The van der Waals surface area contributed by atoms with Gasteiger partial charge in [0, 0.05) is 17.2 Å². The molecule has 0 unspecified atom stereocenters. The average molecular weight is 336 g/mol. The highest BCUT2D eigenvalue weighted by molar-refractivity contribution is 8.13. The Morgan fingerprint density at radius 2 is 2.00 bits per heavy atom. The normalized spacial score (nSPS) is 12.2. The lowest BCUT2D eigenvalue weighted by molar-refractivity contribution is 0.570. The van der Waals surface area contributed by atoms with Crippen LogP contribution in [-0.2, 0) is 15.6 Å². The smallest absolute Gasteiger partial charge is 0.296 e. The molecular formula is C10H14ClN5O2S2. The van der Waals surface area contributed by atoms with E-state index in [4.69, 9.17) is 10.7 Å². The third kappa shape index (κ3) is 2.84. The molecule has 0 aromatic carbocycles. The lowest BCUT2D eigenvalue weighted by Crippen LogP contribution is -2.08. The maximum Gasteiger partial charge on any atom is 0.296 e. The molecule has 0 bridgehead atoms. The van der Waals surface area contributed by atoms with Gasteiger partial charge < -0.3 is 0 Å². The monoisotopic (exact) mass is 335 g/mol. The Kier molecular flexibility index (Phi) is 4.40. The molecule has 0 spiro atoms. The van der Waals surface area contributed by atoms with Gasteiger partial charge in [-0.2, -0.15) is 0 Å². The Labute approximate surface area is 125 Å². The van der Waals surface area contributed by atoms with E-state index < -0.39 is 9.05 Å². The van der Waals surface area contributed by atoms with Gasteiger partial charge in [-0.1, -0.05) is 25.3 Å². The van der Waals surface area contributed by atoms with Crippen LogP contribution in [-0.4, -0.2) is 32.8 Å². The van der Waals surface area contributed by atoms with Crippen LogP contribution in [0.1, 0.15) is 38.8 Å². The van der Waals surface area contributed by atoms with Crippen LogP contribution in [0.4, 0.5) is 0 Å². The lowest BCUT2D eigenvalue weighted by Gasteiger charge is -2.07. The molecule has 0 fully saturated rings. The van der Waals surface area contributed by atoms with E-state index in [-0.39, 0.29) is 11.1 Å². The Balaban J connectivity index is 2.63. The van der Waals surface area contributed by atoms with Crippen molar-refractivity contribution in [1.29, 1.82) is 0 Å². The largest absolute Gasteiger partial charge is 0.296 e. The Morgan fingerprint density at radius 1 is 1.30 bits per heavy atom. The first-order chi connectivity index (χ1) is 9.36. The van der Waals surface area contributed by atoms with Gasteiger partial charge in [0.25, 0.3) is 14.2 Å². The maximum absolute atomic E-state index is 11.5. The molecule has 20 heavy (non-hydrogen) atoms. The molecule has 0 radical (unpaired) electrons. The van der Waals surface area contributed by atoms with E-state index in [2.05, 4.69) is 19.8 Å². The highest BCUT2D eigenvalue weighted by Gasteiger charge is 2.26. The van der Waals surface area contributed by atoms with Crippen LogP contribution in [0, 0.1) is 0 Å². The van der Waals surface area contributed by atoms with E-state index in [0.717, 1.165) is 17.0 Å². The fourth-order valence-corrected chi connectivity index (χ4v) is 3.53. The number of nitrogens with zero attached hydrogens (tertiary/aromatic N) is 5. The summed E-state index contributed by atoms with van der Waals surface area (Å²) in [7, 11) is 1.46. The van der Waals surface area contributed by atoms with Crippen molar-refractivity contribution in [2.24, 2.45) is 0 Å². The van der Waals surface area contributed by atoms with Crippen molar-refractivity contribution < 1.29 is 8.42 Å². The van der Waals surface area contributed by atoms with E-state index in [1.54, 1.807) is 0 Å². The van der Waals surface area contributed by atoms with E-state index >= 15 is 0 Å². The highest BCUT2D eigenvalue weighted by Crippen LogP contribution is 2.31. The summed E-state index contributed by atoms with van der Waals surface area (Å²) in [4.78, 5) is 0.729. The first kappa shape index (κ1) is 15.3. The Morgan fingerprint density at radius 3 is 2.55 bits per heavy atom. The molecule has 0 atom stereocenters. The zero-order valence-corrected chi connectivity index (χ0v) is 13.6. The van der Waals surface area contributed by atoms with Crippen molar-refractivity contribution in [3.63, 3.8) is 0 Å². The number of hydrogen-bond donors (Lipinski definition) is 0. The van der Waals surface area contributed by atoms with Crippen molar-refractivity contribution in [3.05, 3.63) is 5.69 Å². The second kappa shape index (κ2) is 5.74. The van der Waals surface area contributed by atoms with Gasteiger partial charge in [0.15, 0.2) is 5.82 Å². The molecule has 2 rings (SSSR count). The van der Waals surface area contributed by atoms with Crippen LogP contribution >= 0.6 is 22.2 Å². The molecule has 7 nitrogen and oxygen atoms in total. The van der Waals surface area contributed by atoms with E-state index in [1.165, 1.54) is 16.1 Å². The summed E-state index contributed by atoms with van der Waals surface area (Å²) in [5.41, 5.74) is 0.776. The number of aromatic nitrogens is 5. The van der Waals surface area contributed by atoms with Crippen LogP contribution in [0.25, 0.3) is 10.7 Å². The van der Waals surface area contributed by atoms with Crippen LogP contribution < -0.4 is 0 Å². The number of rotatable bonds is 5. The molecule has 2 aromatic rings. The quantitative estimate of drug-likeness (QED) is 0.778. The Hall–Kier alpha value is -1.06. The van der Waals surface area contributed by atoms with E-state index in [9.17, 15) is 8.42 Å². The van der Waals surface area contributed by atoms with Crippen molar-refractivity contribution in [2.75, 3.05) is 0 Å². The average Bonchev–Trinajstić information content (AvgIpc) is 2.92. The first-order valence-corrected chi connectivity index (χ1v) is 9.15. The van der Waals surface area contributed by atoms with Crippen LogP contribution in [0.15, 0.2) is 5.16 Å². The Bertz CT molecular complexity index is 707. The maximum atomic E-state index is 11.5. The second-order valence-corrected chi connectivity index (χ2v) is 7.75. The first-order valence-electron chi connectivity index (χ1n) is 6.06. The predicted octanol–water partition coefficient (Wildman–Crippen LogP) is 2.26. The molecule has 0 amide bonds. The van der Waals surface area contributed by atoms with Crippen LogP contribution in [0.2, 0.25) is 0 Å². The fourth-order valence-electron chi connectivity index (χ4n) is 1.79. The summed E-state index contributed by atoms with van der Waals surface area (Å²) in [6.45, 7) is 6.36. The summed E-state index contributed by atoms with van der Waals surface area (Å²) in [6, 6.07) is 0. The van der Waals surface area contributed by atoms with Gasteiger partial charge in [-0.25, -0.2) is 8.42 Å². The molecule has 10 heteroatoms. The molecule has 0 aliphatic rings. The van der Waals surface area contributed by atoms with Crippen molar-refractivity contribution in [3.8, 4) is 10.7 Å². The van der Waals surface area contributed by atoms with Gasteiger partial charge in [0.05, 0.1) is 5.69 Å². The zero-order chi connectivity index (χ0) is 14.9. The van der Waals surface area contributed by atoms with Crippen molar-refractivity contribution >= 4 is 31.3 Å². The van der Waals surface area contributed by atoms with Crippen LogP contribution in [0.3, 0.4) is 0 Å². The molecule has 0 saturated heterocycles. The topological polar surface area (TPSA) is 90.6 Å². The standard InChI is InChI=1S/C10H14ClN5O2S2/c1-4-5-16-9(13-14-10(16)20(11,17)18)8-7(6(2)3)12-15-19-8/h6H,4-5H2,1-3H3. The molecule has 0 N–H and O–H groups in total. The van der Waals surface area contributed by atoms with Crippen molar-refractivity contribution in [1.82, 2.24) is 24.4 Å². The SMILES string of the molecule is CCCn1c(-c2snnc2C(C)C)nnc1S(=O)(=O)Cl. The summed E-state index contributed by atoms with van der Waals surface area (Å²) < 4.78 is 28.5. The van der Waals surface area contributed by atoms with Gasteiger partial charge in [0.1, 0.15) is 4.88 Å². The number of hydrogen-bond acceptors (Lipinski definition) is 7. The number of halogens is 1. The summed E-state index contributed by atoms with van der Waals surface area (Å²) >= 11 is 1.17. The molecule has 2 heterocycles. The minimum atomic E-state index is -3.93. The van der Waals surface area contributed by atoms with Crippen molar-refractivity contribution in [2.45, 2.75) is 44.8 Å². The van der Waals surface area contributed by atoms with E-state index in [1.807, 2.05) is 20.8 Å². The van der Waals surface area contributed by atoms with Crippen LogP contribution in [0.5, 0.6) is 0 Å². The highest BCUT2D eigenvalue weighted by atomic mass is 35.7. The molecule has 2 aromatic heterocycles.